The van der Waals surface area contributed by atoms with Gasteiger partial charge in [-0.15, -0.1) is 0 Å². The molecule has 2 heterocycles. The Kier molecular flexibility index (Phi) is 4.76. The molecule has 5 atom stereocenters. The maximum absolute atomic E-state index is 13.1. The number of carbonyl (C=O) groups is 2. The number of likely N-dealkylation sites (tertiary alicyclic amines) is 2. The van der Waals surface area contributed by atoms with Gasteiger partial charge in [0.1, 0.15) is 0 Å². The molecule has 4 heteroatoms. The minimum Gasteiger partial charge on any atom is -0.337 e. The molecule has 2 aliphatic heterocycles. The molecule has 1 saturated carbocycles. The second-order valence-corrected chi connectivity index (χ2v) is 8.45. The third-order valence-electron chi connectivity index (χ3n) is 6.70. The fourth-order valence-corrected chi connectivity index (χ4v) is 5.12. The summed E-state index contributed by atoms with van der Waals surface area (Å²) in [6, 6.07) is 10.8. The molecule has 140 valence electrons. The first kappa shape index (κ1) is 17.6. The fraction of sp³-hybridized carbons (Fsp3) is 0.636. The smallest absolute Gasteiger partial charge is 0.226 e. The number of fused-ring (bicyclic) bond motifs is 1. The van der Waals surface area contributed by atoms with Gasteiger partial charge in [0, 0.05) is 31.8 Å². The van der Waals surface area contributed by atoms with Crippen molar-refractivity contribution in [3.05, 3.63) is 35.9 Å². The summed E-state index contributed by atoms with van der Waals surface area (Å²) < 4.78 is 0. The lowest BCUT2D eigenvalue weighted by atomic mass is 9.87. The first-order valence-electron chi connectivity index (χ1n) is 10.2. The first-order chi connectivity index (χ1) is 12.6. The van der Waals surface area contributed by atoms with E-state index in [4.69, 9.17) is 0 Å². The van der Waals surface area contributed by atoms with Gasteiger partial charge in [-0.3, -0.25) is 9.59 Å². The van der Waals surface area contributed by atoms with E-state index in [9.17, 15) is 9.59 Å². The molecular weight excluding hydrogens is 324 g/mol. The van der Waals surface area contributed by atoms with Gasteiger partial charge in [0.05, 0.1) is 12.1 Å². The van der Waals surface area contributed by atoms with Gasteiger partial charge < -0.3 is 9.80 Å². The molecule has 3 fully saturated rings. The summed E-state index contributed by atoms with van der Waals surface area (Å²) in [6.07, 6.45) is 5.41. The Balaban J connectivity index is 1.70. The van der Waals surface area contributed by atoms with Gasteiger partial charge in [-0.2, -0.15) is 0 Å². The van der Waals surface area contributed by atoms with Gasteiger partial charge in [-0.1, -0.05) is 50.1 Å². The van der Waals surface area contributed by atoms with E-state index in [2.05, 4.69) is 41.0 Å². The van der Waals surface area contributed by atoms with Gasteiger partial charge >= 0.3 is 0 Å². The van der Waals surface area contributed by atoms with Crippen LogP contribution in [-0.4, -0.2) is 46.8 Å². The molecule has 0 unspecified atom stereocenters. The predicted octanol–water partition coefficient (Wildman–Crippen LogP) is 3.43. The lowest BCUT2D eigenvalue weighted by molar-refractivity contribution is -0.137. The van der Waals surface area contributed by atoms with Crippen molar-refractivity contribution in [3.8, 4) is 0 Å². The molecule has 3 aliphatic rings. The third-order valence-corrected chi connectivity index (χ3v) is 6.70. The highest BCUT2D eigenvalue weighted by Gasteiger charge is 2.51. The molecule has 1 aromatic carbocycles. The third kappa shape index (κ3) is 3.15. The SMILES string of the molecule is CC(=O)N1CCCCC[C@@H]2[C@@H]1[C@H](c1ccccc1)CN2C(=O)[C@@H]1C[C@H]1C. The topological polar surface area (TPSA) is 40.6 Å². The van der Waals surface area contributed by atoms with Gasteiger partial charge in [-0.05, 0) is 30.7 Å². The molecule has 4 nitrogen and oxygen atoms in total. The van der Waals surface area contributed by atoms with Gasteiger partial charge in [-0.25, -0.2) is 0 Å². The van der Waals surface area contributed by atoms with Crippen molar-refractivity contribution < 1.29 is 9.59 Å². The van der Waals surface area contributed by atoms with E-state index in [1.165, 1.54) is 5.56 Å². The predicted molar refractivity (Wildman–Crippen MR) is 102 cm³/mol. The zero-order valence-corrected chi connectivity index (χ0v) is 15.9. The molecule has 0 radical (unpaired) electrons. The lowest BCUT2D eigenvalue weighted by Gasteiger charge is -2.38. The van der Waals surface area contributed by atoms with Crippen LogP contribution in [0.25, 0.3) is 0 Å². The number of carbonyl (C=O) groups excluding carboxylic acids is 2. The van der Waals surface area contributed by atoms with Crippen LogP contribution in [0.2, 0.25) is 0 Å². The van der Waals surface area contributed by atoms with E-state index in [1.54, 1.807) is 6.92 Å². The number of nitrogens with zero attached hydrogens (tertiary/aromatic N) is 2. The Morgan fingerprint density at radius 2 is 1.77 bits per heavy atom. The van der Waals surface area contributed by atoms with E-state index in [1.807, 2.05) is 6.07 Å². The molecule has 4 rings (SSSR count). The van der Waals surface area contributed by atoms with Crippen LogP contribution >= 0.6 is 0 Å². The van der Waals surface area contributed by atoms with Crippen molar-refractivity contribution >= 4 is 11.8 Å². The monoisotopic (exact) mass is 354 g/mol. The van der Waals surface area contributed by atoms with Crippen molar-refractivity contribution in [1.82, 2.24) is 9.80 Å². The molecule has 1 aromatic rings. The Morgan fingerprint density at radius 3 is 2.42 bits per heavy atom. The number of hydrogen-bond acceptors (Lipinski definition) is 2. The molecule has 1 aliphatic carbocycles. The van der Waals surface area contributed by atoms with E-state index in [0.717, 1.165) is 45.2 Å². The fourth-order valence-electron chi connectivity index (χ4n) is 5.12. The highest BCUT2D eigenvalue weighted by molar-refractivity contribution is 5.83. The van der Waals surface area contributed by atoms with Crippen LogP contribution in [0, 0.1) is 11.8 Å². The molecule has 0 bridgehead atoms. The molecule has 0 aromatic heterocycles. The van der Waals surface area contributed by atoms with Crippen LogP contribution in [0.5, 0.6) is 0 Å². The Bertz CT molecular complexity index is 674. The minimum atomic E-state index is 0.119. The Labute approximate surface area is 156 Å². The van der Waals surface area contributed by atoms with E-state index < -0.39 is 0 Å². The Hall–Kier alpha value is -1.84. The molecular formula is C22H30N2O2. The number of hydrogen-bond donors (Lipinski definition) is 0. The molecule has 26 heavy (non-hydrogen) atoms. The zero-order chi connectivity index (χ0) is 18.3. The van der Waals surface area contributed by atoms with Gasteiger partial charge in [0.25, 0.3) is 0 Å². The highest BCUT2D eigenvalue weighted by Crippen LogP contribution is 2.44. The maximum Gasteiger partial charge on any atom is 0.226 e. The summed E-state index contributed by atoms with van der Waals surface area (Å²) in [6.45, 7) is 5.44. The second kappa shape index (κ2) is 7.05. The first-order valence-corrected chi connectivity index (χ1v) is 10.2. The second-order valence-electron chi connectivity index (χ2n) is 8.45. The molecule has 0 N–H and O–H groups in total. The van der Waals surface area contributed by atoms with Crippen LogP contribution in [0.1, 0.15) is 57.4 Å². The largest absolute Gasteiger partial charge is 0.337 e. The summed E-state index contributed by atoms with van der Waals surface area (Å²) in [7, 11) is 0. The highest BCUT2D eigenvalue weighted by atomic mass is 16.2. The molecule has 2 saturated heterocycles. The van der Waals surface area contributed by atoms with E-state index in [-0.39, 0.29) is 29.8 Å². The van der Waals surface area contributed by atoms with Crippen molar-refractivity contribution in [2.24, 2.45) is 11.8 Å². The summed E-state index contributed by atoms with van der Waals surface area (Å²) >= 11 is 0. The summed E-state index contributed by atoms with van der Waals surface area (Å²) in [5, 5.41) is 0. The normalized spacial score (nSPS) is 34.0. The van der Waals surface area contributed by atoms with Gasteiger partial charge in [0.15, 0.2) is 0 Å². The zero-order valence-electron chi connectivity index (χ0n) is 15.9. The average molecular weight is 354 g/mol. The standard InChI is InChI=1S/C22H30N2O2/c1-15-13-18(15)22(26)24-14-19(17-9-5-3-6-10-17)21-20(24)11-7-4-8-12-23(21)16(2)25/h3,5-6,9-10,15,18-21H,4,7-8,11-14H2,1-2H3/t15-,18-,19+,20-,21+/m1/s1. The summed E-state index contributed by atoms with van der Waals surface area (Å²) in [5.41, 5.74) is 1.26. The maximum atomic E-state index is 13.1. The van der Waals surface area contributed by atoms with Crippen LogP contribution in [0.3, 0.4) is 0 Å². The average Bonchev–Trinajstić information content (AvgIpc) is 3.23. The van der Waals surface area contributed by atoms with Gasteiger partial charge in [0.2, 0.25) is 11.8 Å². The number of benzene rings is 1. The Morgan fingerprint density at radius 1 is 1.04 bits per heavy atom. The molecule has 0 spiro atoms. The number of amides is 2. The lowest BCUT2D eigenvalue weighted by Crippen LogP contribution is -2.51. The van der Waals surface area contributed by atoms with Crippen molar-refractivity contribution in [2.45, 2.75) is 64.0 Å². The van der Waals surface area contributed by atoms with Crippen LogP contribution in [0.15, 0.2) is 30.3 Å². The summed E-state index contributed by atoms with van der Waals surface area (Å²) in [4.78, 5) is 29.9. The number of rotatable bonds is 2. The quantitative estimate of drug-likeness (QED) is 0.816. The minimum absolute atomic E-state index is 0.119. The van der Waals surface area contributed by atoms with E-state index in [0.29, 0.717) is 11.8 Å². The van der Waals surface area contributed by atoms with Crippen molar-refractivity contribution in [3.63, 3.8) is 0 Å². The van der Waals surface area contributed by atoms with Crippen LogP contribution < -0.4 is 0 Å². The van der Waals surface area contributed by atoms with Crippen molar-refractivity contribution in [2.75, 3.05) is 13.1 Å². The van der Waals surface area contributed by atoms with Crippen LogP contribution in [-0.2, 0) is 9.59 Å². The van der Waals surface area contributed by atoms with E-state index >= 15 is 0 Å². The van der Waals surface area contributed by atoms with Crippen LogP contribution in [0.4, 0.5) is 0 Å². The van der Waals surface area contributed by atoms with Crippen molar-refractivity contribution in [1.29, 1.82) is 0 Å². The molecule has 2 amide bonds. The summed E-state index contributed by atoms with van der Waals surface area (Å²) in [5.74, 6) is 1.43.